The van der Waals surface area contributed by atoms with E-state index in [1.54, 1.807) is 80.4 Å². The molecule has 0 aliphatic rings. The van der Waals surface area contributed by atoms with Gasteiger partial charge in [0.1, 0.15) is 13.0 Å². The average Bonchev–Trinajstić information content (AvgIpc) is 2.82. The molecule has 174 valence electrons. The second kappa shape index (κ2) is 9.19. The average molecular weight is 475 g/mol. The molecule has 0 atom stereocenters. The molecule has 3 heterocycles. The van der Waals surface area contributed by atoms with Gasteiger partial charge in [0, 0.05) is 41.9 Å². The number of carbonyl (C=O) groups excluding carboxylic acids is 1. The van der Waals surface area contributed by atoms with Gasteiger partial charge in [-0.3, -0.25) is 14.8 Å². The van der Waals surface area contributed by atoms with E-state index in [1.807, 2.05) is 13.0 Å². The Bertz CT molecular complexity index is 1390. The fourth-order valence-electron chi connectivity index (χ4n) is 3.44. The first-order chi connectivity index (χ1) is 16.1. The third-order valence-corrected chi connectivity index (χ3v) is 6.98. The van der Waals surface area contributed by atoms with Crippen LogP contribution >= 0.6 is 7.14 Å². The van der Waals surface area contributed by atoms with Crippen molar-refractivity contribution >= 4 is 41.0 Å². The zero-order valence-electron chi connectivity index (χ0n) is 19.5. The molecule has 3 aromatic heterocycles. The molecule has 0 spiro atoms. The van der Waals surface area contributed by atoms with Gasteiger partial charge in [-0.25, -0.2) is 20.0 Å². The molecule has 1 aromatic carbocycles. The lowest BCUT2D eigenvalue weighted by Crippen LogP contribution is -2.45. The Hall–Kier alpha value is -3.84. The molecule has 1 amide bonds. The molecule has 0 saturated carbocycles. The summed E-state index contributed by atoms with van der Waals surface area (Å²) >= 11 is 0. The predicted octanol–water partition coefficient (Wildman–Crippen LogP) is 3.25. The van der Waals surface area contributed by atoms with Gasteiger partial charge in [0.15, 0.2) is 0 Å². The molecule has 10 heteroatoms. The second-order valence-electron chi connectivity index (χ2n) is 8.39. The van der Waals surface area contributed by atoms with E-state index in [9.17, 15) is 9.36 Å². The second-order valence-corrected chi connectivity index (χ2v) is 11.6. The van der Waals surface area contributed by atoms with Crippen LogP contribution in [-0.2, 0) is 11.1 Å². The fraction of sp³-hybridized carbons (Fsp3) is 0.208. The summed E-state index contributed by atoms with van der Waals surface area (Å²) in [6.07, 6.45) is 4.83. The van der Waals surface area contributed by atoms with Gasteiger partial charge >= 0.3 is 0 Å². The van der Waals surface area contributed by atoms with E-state index < -0.39 is 7.14 Å². The van der Waals surface area contributed by atoms with Crippen LogP contribution in [0.25, 0.3) is 10.9 Å². The highest BCUT2D eigenvalue weighted by Gasteiger charge is 2.24. The summed E-state index contributed by atoms with van der Waals surface area (Å²) in [4.78, 5) is 31.1. The normalized spacial score (nSPS) is 11.4. The number of rotatable bonds is 6. The van der Waals surface area contributed by atoms with Gasteiger partial charge in [-0.2, -0.15) is 0 Å². The molecule has 0 saturated heterocycles. The van der Waals surface area contributed by atoms with Crippen molar-refractivity contribution in [2.75, 3.05) is 31.1 Å². The first-order valence-corrected chi connectivity index (χ1v) is 13.2. The van der Waals surface area contributed by atoms with Crippen LogP contribution in [0.2, 0.25) is 0 Å². The van der Waals surface area contributed by atoms with Crippen molar-refractivity contribution in [3.8, 4) is 0 Å². The Morgan fingerprint density at radius 3 is 2.44 bits per heavy atom. The number of pyridine rings is 2. The zero-order valence-corrected chi connectivity index (χ0v) is 20.4. The van der Waals surface area contributed by atoms with Gasteiger partial charge in [0.2, 0.25) is 5.95 Å². The minimum atomic E-state index is -2.43. The molecule has 2 N–H and O–H groups in total. The first kappa shape index (κ1) is 23.3. The van der Waals surface area contributed by atoms with Crippen molar-refractivity contribution in [1.29, 1.82) is 0 Å². The monoisotopic (exact) mass is 475 g/mol. The summed E-state index contributed by atoms with van der Waals surface area (Å²) in [5, 5.41) is 4.62. The highest BCUT2D eigenvalue weighted by molar-refractivity contribution is 7.70. The molecule has 0 aliphatic carbocycles. The quantitative estimate of drug-likeness (QED) is 0.334. The maximum Gasteiger partial charge on any atom is 0.272 e. The molecule has 34 heavy (non-hydrogen) atoms. The Kier molecular flexibility index (Phi) is 6.30. The Labute approximate surface area is 198 Å². The van der Waals surface area contributed by atoms with Gasteiger partial charge in [-0.05, 0) is 68.3 Å². The van der Waals surface area contributed by atoms with Gasteiger partial charge in [0.25, 0.3) is 5.91 Å². The van der Waals surface area contributed by atoms with Gasteiger partial charge in [-0.15, -0.1) is 0 Å². The summed E-state index contributed by atoms with van der Waals surface area (Å²) < 4.78 is 12.3. The molecular weight excluding hydrogens is 449 g/mol. The summed E-state index contributed by atoms with van der Waals surface area (Å²) in [6, 6.07) is 12.5. The molecule has 4 rings (SSSR count). The molecular formula is C24H26N7O2P. The van der Waals surface area contributed by atoms with Crippen molar-refractivity contribution in [3.05, 3.63) is 77.9 Å². The van der Waals surface area contributed by atoms with Crippen LogP contribution in [0.5, 0.6) is 0 Å². The number of nitrogens with two attached hydrogens (primary N) is 1. The summed E-state index contributed by atoms with van der Waals surface area (Å²) in [5.41, 5.74) is 8.60. The van der Waals surface area contributed by atoms with Crippen LogP contribution in [0, 0.1) is 6.92 Å². The van der Waals surface area contributed by atoms with Crippen LogP contribution in [-0.4, -0.2) is 51.2 Å². The smallest absolute Gasteiger partial charge is 0.272 e. The van der Waals surface area contributed by atoms with Crippen molar-refractivity contribution in [2.45, 2.75) is 13.5 Å². The maximum absolute atomic E-state index is 13.7. The number of benzene rings is 1. The summed E-state index contributed by atoms with van der Waals surface area (Å²) in [5.74, 6) is 0.575. The predicted molar refractivity (Wildman–Crippen MR) is 135 cm³/mol. The third-order valence-electron chi connectivity index (χ3n) is 5.47. The molecule has 0 radical (unpaired) electrons. The molecule has 0 fully saturated rings. The molecule has 0 unspecified atom stereocenters. The number of nitrogen functional groups attached to an aromatic ring is 1. The highest BCUT2D eigenvalue weighted by atomic mass is 31.2. The number of hydrogen-bond donors (Lipinski definition) is 1. The number of anilines is 2. The molecule has 0 aliphatic heterocycles. The van der Waals surface area contributed by atoms with Crippen LogP contribution in [0.4, 0.5) is 11.8 Å². The van der Waals surface area contributed by atoms with E-state index in [4.69, 9.17) is 5.73 Å². The fourth-order valence-corrected chi connectivity index (χ4v) is 4.21. The third kappa shape index (κ3) is 4.89. The molecule has 0 bridgehead atoms. The topological polar surface area (TPSA) is 118 Å². The van der Waals surface area contributed by atoms with Crippen LogP contribution < -0.4 is 16.0 Å². The number of nitrogens with zero attached hydrogens (tertiary/aromatic N) is 6. The van der Waals surface area contributed by atoms with E-state index in [1.165, 1.54) is 5.01 Å². The van der Waals surface area contributed by atoms with Crippen molar-refractivity contribution in [3.63, 3.8) is 0 Å². The van der Waals surface area contributed by atoms with Crippen LogP contribution in [0.15, 0.2) is 61.1 Å². The van der Waals surface area contributed by atoms with E-state index in [0.717, 1.165) is 10.9 Å². The zero-order chi connectivity index (χ0) is 24.5. The largest absolute Gasteiger partial charge is 0.383 e. The van der Waals surface area contributed by atoms with Gasteiger partial charge in [-0.1, -0.05) is 0 Å². The number of hydrazine groups is 1. The van der Waals surface area contributed by atoms with Crippen molar-refractivity contribution in [1.82, 2.24) is 24.9 Å². The van der Waals surface area contributed by atoms with Gasteiger partial charge in [0.05, 0.1) is 17.8 Å². The maximum atomic E-state index is 13.7. The standard InChI is InChI=1S/C24H26N7O2P/c1-16-12-18-13-17(6-9-21(18)29-22(16)25)23(32)31(30(2)24-26-10-5-11-27-24)15-19-7-8-20(14-28-19)34(3,4)33/h5-14H,15H2,1-4H3,(H2,25,29). The lowest BCUT2D eigenvalue weighted by atomic mass is 10.1. The van der Waals surface area contributed by atoms with E-state index in [0.29, 0.717) is 33.8 Å². The number of hydrogen-bond acceptors (Lipinski definition) is 8. The number of aryl methyl sites for hydroxylation is 1. The number of aromatic nitrogens is 4. The Morgan fingerprint density at radius 2 is 1.79 bits per heavy atom. The lowest BCUT2D eigenvalue weighted by Gasteiger charge is -2.31. The molecule has 9 nitrogen and oxygen atoms in total. The van der Waals surface area contributed by atoms with Crippen molar-refractivity contribution in [2.24, 2.45) is 0 Å². The number of carbonyl (C=O) groups is 1. The van der Waals surface area contributed by atoms with Crippen LogP contribution in [0.3, 0.4) is 0 Å². The SMILES string of the molecule is Cc1cc2cc(C(=O)N(Cc3ccc(P(C)(C)=O)cn3)N(C)c3ncccn3)ccc2nc1N. The highest BCUT2D eigenvalue weighted by Crippen LogP contribution is 2.34. The first-order valence-electron chi connectivity index (χ1n) is 10.6. The summed E-state index contributed by atoms with van der Waals surface area (Å²) in [6.45, 7) is 5.44. The van der Waals surface area contributed by atoms with E-state index in [-0.39, 0.29) is 12.5 Å². The number of fused-ring (bicyclic) bond motifs is 1. The van der Waals surface area contributed by atoms with E-state index in [2.05, 4.69) is 19.9 Å². The van der Waals surface area contributed by atoms with E-state index >= 15 is 0 Å². The van der Waals surface area contributed by atoms with Crippen molar-refractivity contribution < 1.29 is 9.36 Å². The lowest BCUT2D eigenvalue weighted by molar-refractivity contribution is 0.0727. The minimum absolute atomic E-state index is 0.169. The van der Waals surface area contributed by atoms with Crippen LogP contribution in [0.1, 0.15) is 21.6 Å². The number of amides is 1. The Morgan fingerprint density at radius 1 is 1.06 bits per heavy atom. The minimum Gasteiger partial charge on any atom is -0.383 e. The van der Waals surface area contributed by atoms with Gasteiger partial charge < -0.3 is 10.3 Å². The molecule has 4 aromatic rings. The summed E-state index contributed by atoms with van der Waals surface area (Å²) in [7, 11) is -0.702. The Balaban J connectivity index is 1.71.